The molecule has 2 aliphatic carbocycles. The summed E-state index contributed by atoms with van der Waals surface area (Å²) in [5.41, 5.74) is 0.130. The van der Waals surface area contributed by atoms with E-state index in [1.807, 2.05) is 0 Å². The molecule has 118 valence electrons. The molecule has 0 unspecified atom stereocenters. The summed E-state index contributed by atoms with van der Waals surface area (Å²) in [6, 6.07) is 0. The monoisotopic (exact) mass is 281 g/mol. The van der Waals surface area contributed by atoms with Crippen molar-refractivity contribution in [1.29, 1.82) is 0 Å². The van der Waals surface area contributed by atoms with Crippen molar-refractivity contribution < 1.29 is 4.74 Å². The maximum atomic E-state index is 6.67. The van der Waals surface area contributed by atoms with Crippen LogP contribution in [0.1, 0.15) is 72.1 Å². The molecule has 2 saturated carbocycles. The van der Waals surface area contributed by atoms with Gasteiger partial charge in [-0.15, -0.1) is 0 Å². The second kappa shape index (κ2) is 7.26. The highest BCUT2D eigenvalue weighted by Crippen LogP contribution is 2.40. The molecule has 2 heteroatoms. The summed E-state index contributed by atoms with van der Waals surface area (Å²) < 4.78 is 6.67. The predicted octanol–water partition coefficient (Wildman–Crippen LogP) is 4.39. The maximum absolute atomic E-state index is 6.67. The Hall–Kier alpha value is -0.0800. The molecule has 0 aromatic heterocycles. The third-order valence-corrected chi connectivity index (χ3v) is 5.76. The predicted molar refractivity (Wildman–Crippen MR) is 86.0 cm³/mol. The lowest BCUT2D eigenvalue weighted by Gasteiger charge is -2.44. The summed E-state index contributed by atoms with van der Waals surface area (Å²) in [5.74, 6) is 2.65. The molecular formula is C18H35NO. The third-order valence-electron chi connectivity index (χ3n) is 5.76. The molecule has 0 bridgehead atoms. The van der Waals surface area contributed by atoms with Gasteiger partial charge in [-0.3, -0.25) is 0 Å². The minimum absolute atomic E-state index is 0.130. The molecule has 2 aliphatic rings. The van der Waals surface area contributed by atoms with Gasteiger partial charge < -0.3 is 10.1 Å². The van der Waals surface area contributed by atoms with E-state index in [-0.39, 0.29) is 5.60 Å². The molecule has 2 nitrogen and oxygen atoms in total. The summed E-state index contributed by atoms with van der Waals surface area (Å²) >= 11 is 0. The summed E-state index contributed by atoms with van der Waals surface area (Å²) in [6.07, 6.45) is 11.0. The van der Waals surface area contributed by atoms with E-state index in [1.165, 1.54) is 51.4 Å². The van der Waals surface area contributed by atoms with Crippen molar-refractivity contribution in [3.05, 3.63) is 0 Å². The van der Waals surface area contributed by atoms with Crippen LogP contribution in [0, 0.1) is 17.8 Å². The van der Waals surface area contributed by atoms with Gasteiger partial charge in [0.1, 0.15) is 0 Å². The van der Waals surface area contributed by atoms with Gasteiger partial charge >= 0.3 is 0 Å². The van der Waals surface area contributed by atoms with Crippen LogP contribution in [0.25, 0.3) is 0 Å². The standard InChI is InChI=1S/C18H35NO/c1-14(2)16-9-11-18(12-10-16,13-19-4)20-17-7-5-15(3)6-8-17/h14-17,19H,5-13H2,1-4H3. The summed E-state index contributed by atoms with van der Waals surface area (Å²) in [4.78, 5) is 0. The fourth-order valence-corrected chi connectivity index (χ4v) is 4.19. The van der Waals surface area contributed by atoms with Gasteiger partial charge in [-0.05, 0) is 76.2 Å². The minimum Gasteiger partial charge on any atom is -0.370 e. The van der Waals surface area contributed by atoms with E-state index in [9.17, 15) is 0 Å². The van der Waals surface area contributed by atoms with E-state index in [0.29, 0.717) is 6.10 Å². The van der Waals surface area contributed by atoms with Crippen LogP contribution in [0.2, 0.25) is 0 Å². The normalized spacial score (nSPS) is 39.1. The molecule has 0 radical (unpaired) electrons. The van der Waals surface area contributed by atoms with Crippen molar-refractivity contribution in [2.75, 3.05) is 13.6 Å². The quantitative estimate of drug-likeness (QED) is 0.807. The molecule has 2 fully saturated rings. The topological polar surface area (TPSA) is 21.3 Å². The molecule has 0 saturated heterocycles. The van der Waals surface area contributed by atoms with Crippen LogP contribution >= 0.6 is 0 Å². The first-order valence-electron chi connectivity index (χ1n) is 8.87. The van der Waals surface area contributed by atoms with Crippen molar-refractivity contribution >= 4 is 0 Å². The zero-order valence-corrected chi connectivity index (χ0v) is 14.1. The smallest absolute Gasteiger partial charge is 0.0810 e. The average Bonchev–Trinajstić information content (AvgIpc) is 2.42. The number of likely N-dealkylation sites (N-methyl/N-ethyl adjacent to an activating group) is 1. The highest BCUT2D eigenvalue weighted by molar-refractivity contribution is 4.91. The molecule has 0 aromatic carbocycles. The van der Waals surface area contributed by atoms with Crippen LogP contribution in [-0.2, 0) is 4.74 Å². The average molecular weight is 281 g/mol. The van der Waals surface area contributed by atoms with E-state index in [0.717, 1.165) is 24.3 Å². The third kappa shape index (κ3) is 4.21. The Morgan fingerprint density at radius 3 is 2.15 bits per heavy atom. The molecule has 0 atom stereocenters. The van der Waals surface area contributed by atoms with Gasteiger partial charge in [-0.1, -0.05) is 20.8 Å². The second-order valence-electron chi connectivity index (χ2n) is 7.79. The van der Waals surface area contributed by atoms with E-state index < -0.39 is 0 Å². The first-order valence-corrected chi connectivity index (χ1v) is 8.87. The van der Waals surface area contributed by atoms with Crippen LogP contribution in [0.4, 0.5) is 0 Å². The zero-order valence-electron chi connectivity index (χ0n) is 14.1. The van der Waals surface area contributed by atoms with Crippen LogP contribution in [0.5, 0.6) is 0 Å². The zero-order chi connectivity index (χ0) is 14.6. The van der Waals surface area contributed by atoms with Crippen molar-refractivity contribution in [3.8, 4) is 0 Å². The fraction of sp³-hybridized carbons (Fsp3) is 1.00. The van der Waals surface area contributed by atoms with Crippen LogP contribution in [0.15, 0.2) is 0 Å². The molecule has 20 heavy (non-hydrogen) atoms. The Morgan fingerprint density at radius 2 is 1.65 bits per heavy atom. The van der Waals surface area contributed by atoms with Crippen molar-refractivity contribution in [3.63, 3.8) is 0 Å². The van der Waals surface area contributed by atoms with E-state index in [1.54, 1.807) is 0 Å². The van der Waals surface area contributed by atoms with Crippen LogP contribution in [0.3, 0.4) is 0 Å². The highest BCUT2D eigenvalue weighted by Gasteiger charge is 2.38. The number of hydrogen-bond acceptors (Lipinski definition) is 2. The lowest BCUT2D eigenvalue weighted by Crippen LogP contribution is -2.48. The highest BCUT2D eigenvalue weighted by atomic mass is 16.5. The van der Waals surface area contributed by atoms with Gasteiger partial charge in [0.25, 0.3) is 0 Å². The Kier molecular flexibility index (Phi) is 5.92. The number of nitrogens with one attached hydrogen (secondary N) is 1. The molecule has 0 aromatic rings. The van der Waals surface area contributed by atoms with E-state index in [2.05, 4.69) is 33.1 Å². The van der Waals surface area contributed by atoms with Crippen molar-refractivity contribution in [1.82, 2.24) is 5.32 Å². The van der Waals surface area contributed by atoms with E-state index >= 15 is 0 Å². The molecule has 0 spiro atoms. The Labute approximate surface area is 126 Å². The molecular weight excluding hydrogens is 246 g/mol. The molecule has 0 heterocycles. The van der Waals surface area contributed by atoms with Gasteiger partial charge in [0.05, 0.1) is 11.7 Å². The van der Waals surface area contributed by atoms with E-state index in [4.69, 9.17) is 4.74 Å². The first kappa shape index (κ1) is 16.3. The lowest BCUT2D eigenvalue weighted by molar-refractivity contribution is -0.131. The Morgan fingerprint density at radius 1 is 1.05 bits per heavy atom. The maximum Gasteiger partial charge on any atom is 0.0810 e. The van der Waals surface area contributed by atoms with Gasteiger partial charge in [-0.25, -0.2) is 0 Å². The second-order valence-corrected chi connectivity index (χ2v) is 7.79. The molecule has 1 N–H and O–H groups in total. The molecule has 0 aliphatic heterocycles. The Balaban J connectivity index is 1.90. The van der Waals surface area contributed by atoms with Gasteiger partial charge in [0, 0.05) is 6.54 Å². The van der Waals surface area contributed by atoms with Crippen molar-refractivity contribution in [2.45, 2.75) is 83.8 Å². The van der Waals surface area contributed by atoms with Crippen molar-refractivity contribution in [2.24, 2.45) is 17.8 Å². The van der Waals surface area contributed by atoms with Gasteiger partial charge in [0.2, 0.25) is 0 Å². The number of hydrogen-bond donors (Lipinski definition) is 1. The number of rotatable bonds is 5. The summed E-state index contributed by atoms with van der Waals surface area (Å²) in [5, 5.41) is 3.40. The first-order chi connectivity index (χ1) is 9.54. The summed E-state index contributed by atoms with van der Waals surface area (Å²) in [6.45, 7) is 8.16. The molecule has 0 amide bonds. The minimum atomic E-state index is 0.130. The summed E-state index contributed by atoms with van der Waals surface area (Å²) in [7, 11) is 2.07. The van der Waals surface area contributed by atoms with Crippen LogP contribution < -0.4 is 5.32 Å². The fourth-order valence-electron chi connectivity index (χ4n) is 4.19. The van der Waals surface area contributed by atoms with Crippen LogP contribution in [-0.4, -0.2) is 25.3 Å². The van der Waals surface area contributed by atoms with Gasteiger partial charge in [0.15, 0.2) is 0 Å². The number of ether oxygens (including phenoxy) is 1. The molecule has 2 rings (SSSR count). The Bertz CT molecular complexity index is 273. The lowest BCUT2D eigenvalue weighted by atomic mass is 9.74. The largest absolute Gasteiger partial charge is 0.370 e. The van der Waals surface area contributed by atoms with Gasteiger partial charge in [-0.2, -0.15) is 0 Å². The SMILES string of the molecule is CNCC1(OC2CCC(C)CC2)CCC(C(C)C)CC1.